The van der Waals surface area contributed by atoms with Gasteiger partial charge in [0, 0.05) is 25.5 Å². The number of hydrogen-bond donors (Lipinski definition) is 2. The number of thiazole rings is 1. The summed E-state index contributed by atoms with van der Waals surface area (Å²) in [6, 6.07) is 3.82. The van der Waals surface area contributed by atoms with E-state index >= 15 is 0 Å². The Morgan fingerprint density at radius 1 is 1.22 bits per heavy atom. The van der Waals surface area contributed by atoms with Crippen LogP contribution < -0.4 is 20.4 Å². The highest BCUT2D eigenvalue weighted by atomic mass is 32.1. The molecule has 1 unspecified atom stereocenters. The molecule has 3 amide bonds. The molecule has 0 aromatic carbocycles. The predicted octanol–water partition coefficient (Wildman–Crippen LogP) is 4.22. The first-order chi connectivity index (χ1) is 17.1. The molecule has 2 bridgehead atoms. The molecule has 2 atom stereocenters. The minimum Gasteiger partial charge on any atom is -0.366 e. The Bertz CT molecular complexity index is 1330. The Balaban J connectivity index is 1.41. The number of amides is 3. The Morgan fingerprint density at radius 3 is 2.75 bits per heavy atom. The fraction of sp³-hybridized carbons (Fsp3) is 0.348. The van der Waals surface area contributed by atoms with Gasteiger partial charge in [0.2, 0.25) is 0 Å². The molecule has 1 fully saturated rings. The van der Waals surface area contributed by atoms with Crippen molar-refractivity contribution in [2.45, 2.75) is 38.5 Å². The van der Waals surface area contributed by atoms with Crippen molar-refractivity contribution < 1.29 is 22.8 Å². The number of aromatic nitrogens is 3. The van der Waals surface area contributed by atoms with Crippen molar-refractivity contribution in [1.29, 1.82) is 0 Å². The van der Waals surface area contributed by atoms with Crippen LogP contribution in [0.3, 0.4) is 0 Å². The van der Waals surface area contributed by atoms with Crippen molar-refractivity contribution >= 4 is 40.6 Å². The number of anilines is 3. The molecule has 9 nitrogen and oxygen atoms in total. The normalized spacial score (nSPS) is 17.5. The summed E-state index contributed by atoms with van der Waals surface area (Å²) in [5, 5.41) is 5.64. The molecular weight excluding hydrogens is 495 g/mol. The summed E-state index contributed by atoms with van der Waals surface area (Å²) in [5.74, 6) is -0.411. The van der Waals surface area contributed by atoms with Crippen LogP contribution in [0.1, 0.15) is 28.8 Å². The van der Waals surface area contributed by atoms with E-state index in [1.807, 2.05) is 23.2 Å². The SMILES string of the molecule is Cc1ncc(-c2ccnc(NC(=O)N3c4nc(C(=O)N[C@H](C)C(F)(F)F)ccc4N4CCC3C4)c2)s1. The van der Waals surface area contributed by atoms with E-state index in [1.165, 1.54) is 22.3 Å². The number of aryl methyl sites for hydroxylation is 1. The summed E-state index contributed by atoms with van der Waals surface area (Å²) in [6.07, 6.45) is -0.556. The topological polar surface area (TPSA) is 103 Å². The second kappa shape index (κ2) is 9.04. The number of carbonyl (C=O) groups is 2. The van der Waals surface area contributed by atoms with Crippen molar-refractivity contribution in [3.63, 3.8) is 0 Å². The fourth-order valence-corrected chi connectivity index (χ4v) is 5.04. The summed E-state index contributed by atoms with van der Waals surface area (Å²) in [6.45, 7) is 4.04. The average Bonchev–Trinajstić information content (AvgIpc) is 3.45. The van der Waals surface area contributed by atoms with Gasteiger partial charge in [0.15, 0.2) is 5.82 Å². The highest BCUT2D eigenvalue weighted by Crippen LogP contribution is 2.39. The fourth-order valence-electron chi connectivity index (χ4n) is 4.27. The third kappa shape index (κ3) is 4.57. The maximum Gasteiger partial charge on any atom is 0.408 e. The van der Waals surface area contributed by atoms with E-state index in [0.29, 0.717) is 31.0 Å². The van der Waals surface area contributed by atoms with Gasteiger partial charge in [-0.1, -0.05) is 0 Å². The molecule has 5 rings (SSSR count). The average molecular weight is 518 g/mol. The van der Waals surface area contributed by atoms with Gasteiger partial charge in [0.1, 0.15) is 17.6 Å². The Labute approximate surface area is 208 Å². The van der Waals surface area contributed by atoms with E-state index in [-0.39, 0.29) is 17.6 Å². The quantitative estimate of drug-likeness (QED) is 0.537. The summed E-state index contributed by atoms with van der Waals surface area (Å²) in [5.41, 5.74) is 1.29. The van der Waals surface area contributed by atoms with Crippen LogP contribution in [0.5, 0.6) is 0 Å². The van der Waals surface area contributed by atoms with Crippen molar-refractivity contribution in [1.82, 2.24) is 20.3 Å². The third-order valence-corrected chi connectivity index (χ3v) is 7.10. The Hall–Kier alpha value is -3.74. The van der Waals surface area contributed by atoms with Crippen molar-refractivity contribution in [2.75, 3.05) is 28.2 Å². The molecule has 5 heterocycles. The van der Waals surface area contributed by atoms with Crippen LogP contribution in [-0.2, 0) is 0 Å². The number of nitrogens with one attached hydrogen (secondary N) is 2. The summed E-state index contributed by atoms with van der Waals surface area (Å²) in [4.78, 5) is 43.2. The van der Waals surface area contributed by atoms with Gasteiger partial charge in [-0.05, 0) is 50.1 Å². The van der Waals surface area contributed by atoms with Crippen LogP contribution >= 0.6 is 11.3 Å². The number of halogens is 3. The minimum atomic E-state index is -4.58. The first kappa shape index (κ1) is 24.0. The monoisotopic (exact) mass is 517 g/mol. The largest absolute Gasteiger partial charge is 0.408 e. The summed E-state index contributed by atoms with van der Waals surface area (Å²) >= 11 is 1.52. The van der Waals surface area contributed by atoms with Crippen LogP contribution in [0.15, 0.2) is 36.7 Å². The molecule has 0 spiro atoms. The standard InChI is InChI=1S/C23H22F3N7O2S/c1-12(23(24,25)26)29-21(34)16-3-4-17-20(30-16)33(15-6-8-32(17)11-15)22(35)31-19-9-14(5-7-27-19)18-10-28-13(2)36-18/h3-5,7,9-10,12,15H,6,8,11H2,1-2H3,(H,29,34)(H,27,31,35)/t12-,15?/m1/s1. The summed E-state index contributed by atoms with van der Waals surface area (Å²) < 4.78 is 38.7. The van der Waals surface area contributed by atoms with Gasteiger partial charge in [0.25, 0.3) is 5.91 Å². The van der Waals surface area contributed by atoms with E-state index < -0.39 is 24.2 Å². The van der Waals surface area contributed by atoms with E-state index in [1.54, 1.807) is 24.5 Å². The molecule has 13 heteroatoms. The molecule has 36 heavy (non-hydrogen) atoms. The molecule has 0 saturated carbocycles. The van der Waals surface area contributed by atoms with Crippen LogP contribution in [0, 0.1) is 6.92 Å². The molecule has 188 valence electrons. The van der Waals surface area contributed by atoms with Crippen molar-refractivity contribution in [2.24, 2.45) is 0 Å². The smallest absolute Gasteiger partial charge is 0.366 e. The lowest BCUT2D eigenvalue weighted by Crippen LogP contribution is -2.49. The molecule has 2 N–H and O–H groups in total. The first-order valence-electron chi connectivity index (χ1n) is 11.2. The zero-order chi connectivity index (χ0) is 25.6. The zero-order valence-electron chi connectivity index (χ0n) is 19.3. The van der Waals surface area contributed by atoms with Crippen LogP contribution in [0.4, 0.5) is 35.3 Å². The number of hydrogen-bond acceptors (Lipinski definition) is 7. The van der Waals surface area contributed by atoms with E-state index in [4.69, 9.17) is 0 Å². The Kier molecular flexibility index (Phi) is 6.02. The van der Waals surface area contributed by atoms with Gasteiger partial charge in [-0.3, -0.25) is 15.0 Å². The second-order valence-corrected chi connectivity index (χ2v) is 9.87. The maximum atomic E-state index is 13.4. The lowest BCUT2D eigenvalue weighted by Gasteiger charge is -2.35. The van der Waals surface area contributed by atoms with E-state index in [9.17, 15) is 22.8 Å². The molecule has 3 aromatic rings. The number of nitrogens with zero attached hydrogens (tertiary/aromatic N) is 5. The van der Waals surface area contributed by atoms with Gasteiger partial charge < -0.3 is 10.2 Å². The Morgan fingerprint density at radius 2 is 2.03 bits per heavy atom. The molecule has 2 aliphatic heterocycles. The molecule has 3 aromatic heterocycles. The van der Waals surface area contributed by atoms with Crippen molar-refractivity contribution in [3.05, 3.63) is 47.4 Å². The van der Waals surface area contributed by atoms with E-state index in [0.717, 1.165) is 22.4 Å². The van der Waals surface area contributed by atoms with Crippen LogP contribution in [-0.4, -0.2) is 58.2 Å². The number of fused-ring (bicyclic) bond motifs is 4. The molecule has 2 aliphatic rings. The lowest BCUT2D eigenvalue weighted by atomic mass is 10.1. The van der Waals surface area contributed by atoms with Gasteiger partial charge in [-0.15, -0.1) is 11.3 Å². The number of carbonyl (C=O) groups excluding carboxylic acids is 2. The highest BCUT2D eigenvalue weighted by Gasteiger charge is 2.41. The van der Waals surface area contributed by atoms with Gasteiger partial charge in [0.05, 0.1) is 21.6 Å². The second-order valence-electron chi connectivity index (χ2n) is 8.64. The molecule has 0 radical (unpaired) electrons. The predicted molar refractivity (Wildman–Crippen MR) is 129 cm³/mol. The van der Waals surface area contributed by atoms with E-state index in [2.05, 4.69) is 20.3 Å². The number of urea groups is 1. The number of rotatable bonds is 4. The first-order valence-corrected chi connectivity index (χ1v) is 12.0. The lowest BCUT2D eigenvalue weighted by molar-refractivity contribution is -0.149. The minimum absolute atomic E-state index is 0.203. The van der Waals surface area contributed by atoms with Gasteiger partial charge >= 0.3 is 12.2 Å². The van der Waals surface area contributed by atoms with Crippen molar-refractivity contribution in [3.8, 4) is 10.4 Å². The molecule has 1 saturated heterocycles. The van der Waals surface area contributed by atoms with Crippen LogP contribution in [0.2, 0.25) is 0 Å². The summed E-state index contributed by atoms with van der Waals surface area (Å²) in [7, 11) is 0. The van der Waals surface area contributed by atoms with Gasteiger partial charge in [-0.2, -0.15) is 13.2 Å². The molecule has 0 aliphatic carbocycles. The third-order valence-electron chi connectivity index (χ3n) is 6.14. The maximum absolute atomic E-state index is 13.4. The van der Waals surface area contributed by atoms with Crippen LogP contribution in [0.25, 0.3) is 10.4 Å². The highest BCUT2D eigenvalue weighted by molar-refractivity contribution is 7.15. The van der Waals surface area contributed by atoms with Gasteiger partial charge in [-0.25, -0.2) is 19.7 Å². The molecular formula is C23H22F3N7O2S. The number of pyridine rings is 2. The zero-order valence-corrected chi connectivity index (χ0v) is 20.2. The number of alkyl halides is 3.